The normalized spacial score (nSPS) is 11.0. The Morgan fingerprint density at radius 1 is 0.852 bits per heavy atom. The van der Waals surface area contributed by atoms with Gasteiger partial charge in [0.15, 0.2) is 5.76 Å². The number of carbonyl (C=O) groups excluding carboxylic acids is 1. The van der Waals surface area contributed by atoms with E-state index >= 15 is 0 Å². The lowest BCUT2D eigenvalue weighted by Gasteiger charge is -2.04. The molecule has 0 saturated heterocycles. The monoisotopic (exact) mass is 412 g/mol. The summed E-state index contributed by atoms with van der Waals surface area (Å²) in [5.41, 5.74) is 2.16. The first-order valence-electron chi connectivity index (χ1n) is 8.31. The second-order valence-corrected chi connectivity index (χ2v) is 7.91. The standard InChI is InChI=1S/C22H14Cl2O2S/c23-15-7-5-14(6-8-15)21(25)22-19(18-3-1-2-4-20(18)26-22)13-27-17-11-9-16(24)10-12-17/h1-12H,13H2. The summed E-state index contributed by atoms with van der Waals surface area (Å²) >= 11 is 13.5. The van der Waals surface area contributed by atoms with E-state index in [1.54, 1.807) is 36.0 Å². The molecule has 0 bridgehead atoms. The molecule has 0 N–H and O–H groups in total. The molecule has 0 unspecified atom stereocenters. The first-order valence-corrected chi connectivity index (χ1v) is 10.0. The van der Waals surface area contributed by atoms with Gasteiger partial charge < -0.3 is 4.42 Å². The zero-order valence-corrected chi connectivity index (χ0v) is 16.4. The van der Waals surface area contributed by atoms with Gasteiger partial charge in [0.05, 0.1) is 0 Å². The Morgan fingerprint density at radius 3 is 2.19 bits per heavy atom. The van der Waals surface area contributed by atoms with Gasteiger partial charge >= 0.3 is 0 Å². The maximum Gasteiger partial charge on any atom is 0.228 e. The quantitative estimate of drug-likeness (QED) is 0.255. The third-order valence-electron chi connectivity index (χ3n) is 4.21. The van der Waals surface area contributed by atoms with Crippen LogP contribution in [0.3, 0.4) is 0 Å². The highest BCUT2D eigenvalue weighted by Crippen LogP contribution is 2.33. The smallest absolute Gasteiger partial charge is 0.228 e. The minimum atomic E-state index is -0.144. The second-order valence-electron chi connectivity index (χ2n) is 5.98. The van der Waals surface area contributed by atoms with Crippen LogP contribution in [0.15, 0.2) is 82.1 Å². The Balaban J connectivity index is 1.71. The van der Waals surface area contributed by atoms with Crippen molar-refractivity contribution < 1.29 is 9.21 Å². The average molecular weight is 413 g/mol. The highest BCUT2D eigenvalue weighted by atomic mass is 35.5. The molecule has 27 heavy (non-hydrogen) atoms. The molecule has 5 heteroatoms. The summed E-state index contributed by atoms with van der Waals surface area (Å²) in [4.78, 5) is 14.1. The van der Waals surface area contributed by atoms with Crippen molar-refractivity contribution in [2.24, 2.45) is 0 Å². The van der Waals surface area contributed by atoms with Gasteiger partial charge in [-0.2, -0.15) is 0 Å². The molecule has 0 aliphatic heterocycles. The van der Waals surface area contributed by atoms with E-state index in [4.69, 9.17) is 27.6 Å². The number of hydrogen-bond donors (Lipinski definition) is 0. The molecule has 0 aliphatic carbocycles. The molecular weight excluding hydrogens is 399 g/mol. The lowest BCUT2D eigenvalue weighted by Crippen LogP contribution is -2.02. The molecule has 4 aromatic rings. The van der Waals surface area contributed by atoms with Gasteiger partial charge in [0, 0.05) is 37.2 Å². The summed E-state index contributed by atoms with van der Waals surface area (Å²) in [5, 5.41) is 2.25. The Morgan fingerprint density at radius 2 is 1.48 bits per heavy atom. The Kier molecular flexibility index (Phi) is 5.26. The second kappa shape index (κ2) is 7.81. The Labute approximate surface area is 171 Å². The van der Waals surface area contributed by atoms with Gasteiger partial charge in [-0.25, -0.2) is 0 Å². The minimum absolute atomic E-state index is 0.144. The molecule has 4 rings (SSSR count). The van der Waals surface area contributed by atoms with Crippen molar-refractivity contribution in [2.75, 3.05) is 0 Å². The number of hydrogen-bond acceptors (Lipinski definition) is 3. The zero-order valence-electron chi connectivity index (χ0n) is 14.1. The number of benzene rings is 3. The van der Waals surface area contributed by atoms with E-state index in [1.165, 1.54) is 0 Å². The van der Waals surface area contributed by atoms with Crippen LogP contribution in [-0.4, -0.2) is 5.78 Å². The van der Waals surface area contributed by atoms with Crippen LogP contribution in [0.4, 0.5) is 0 Å². The zero-order chi connectivity index (χ0) is 18.8. The predicted molar refractivity (Wildman–Crippen MR) is 112 cm³/mol. The number of ketones is 1. The molecule has 0 fully saturated rings. The lowest BCUT2D eigenvalue weighted by molar-refractivity contribution is 0.101. The molecule has 0 spiro atoms. The van der Waals surface area contributed by atoms with E-state index < -0.39 is 0 Å². The van der Waals surface area contributed by atoms with Crippen LogP contribution >= 0.6 is 35.0 Å². The highest BCUT2D eigenvalue weighted by molar-refractivity contribution is 7.98. The number of rotatable bonds is 5. The summed E-state index contributed by atoms with van der Waals surface area (Å²) in [7, 11) is 0. The van der Waals surface area contributed by atoms with Gasteiger partial charge in [0.2, 0.25) is 5.78 Å². The summed E-state index contributed by atoms with van der Waals surface area (Å²) in [5.74, 6) is 0.849. The molecule has 1 aromatic heterocycles. The molecule has 0 radical (unpaired) electrons. The van der Waals surface area contributed by atoms with Crippen molar-refractivity contribution in [1.82, 2.24) is 0 Å². The number of fused-ring (bicyclic) bond motifs is 1. The number of halogens is 2. The van der Waals surface area contributed by atoms with Crippen LogP contribution in [0.1, 0.15) is 21.7 Å². The molecule has 0 aliphatic rings. The fourth-order valence-electron chi connectivity index (χ4n) is 2.84. The van der Waals surface area contributed by atoms with Crippen LogP contribution in [0, 0.1) is 0 Å². The van der Waals surface area contributed by atoms with E-state index in [2.05, 4.69) is 0 Å². The van der Waals surface area contributed by atoms with Crippen LogP contribution in [0.2, 0.25) is 10.0 Å². The summed E-state index contributed by atoms with van der Waals surface area (Å²) in [6.45, 7) is 0. The van der Waals surface area contributed by atoms with Crippen molar-refractivity contribution in [2.45, 2.75) is 10.6 Å². The van der Waals surface area contributed by atoms with Gasteiger partial charge in [-0.05, 0) is 54.6 Å². The van der Waals surface area contributed by atoms with Gasteiger partial charge in [-0.3, -0.25) is 4.79 Å². The van der Waals surface area contributed by atoms with E-state index in [-0.39, 0.29) is 5.78 Å². The first-order chi connectivity index (χ1) is 13.1. The summed E-state index contributed by atoms with van der Waals surface area (Å²) in [6, 6.07) is 22.2. The molecular formula is C22H14Cl2O2S. The molecule has 0 amide bonds. The van der Waals surface area contributed by atoms with Crippen molar-refractivity contribution in [3.8, 4) is 0 Å². The molecule has 0 atom stereocenters. The van der Waals surface area contributed by atoms with Gasteiger partial charge in [-0.15, -0.1) is 11.8 Å². The van der Waals surface area contributed by atoms with Gasteiger partial charge in [-0.1, -0.05) is 41.4 Å². The predicted octanol–water partition coefficient (Wildman–Crippen LogP) is 7.26. The number of furan rings is 1. The number of thioether (sulfide) groups is 1. The van der Waals surface area contributed by atoms with Crippen molar-refractivity contribution in [3.05, 3.63) is 99.7 Å². The fourth-order valence-corrected chi connectivity index (χ4v) is 4.02. The molecule has 3 aromatic carbocycles. The maximum absolute atomic E-state index is 13.0. The highest BCUT2D eigenvalue weighted by Gasteiger charge is 2.21. The summed E-state index contributed by atoms with van der Waals surface area (Å²) in [6.07, 6.45) is 0. The van der Waals surface area contributed by atoms with Crippen molar-refractivity contribution in [3.63, 3.8) is 0 Å². The Hall–Kier alpha value is -2.20. The number of para-hydroxylation sites is 1. The van der Waals surface area contributed by atoms with Gasteiger partial charge in [0.25, 0.3) is 0 Å². The SMILES string of the molecule is O=C(c1ccc(Cl)cc1)c1oc2ccccc2c1CSc1ccc(Cl)cc1. The number of carbonyl (C=O) groups is 1. The van der Waals surface area contributed by atoms with Crippen molar-refractivity contribution in [1.29, 1.82) is 0 Å². The van der Waals surface area contributed by atoms with Crippen molar-refractivity contribution >= 4 is 51.7 Å². The summed E-state index contributed by atoms with van der Waals surface area (Å²) < 4.78 is 5.94. The van der Waals surface area contributed by atoms with E-state index in [9.17, 15) is 4.79 Å². The van der Waals surface area contributed by atoms with Crippen LogP contribution < -0.4 is 0 Å². The fraction of sp³-hybridized carbons (Fsp3) is 0.0455. The van der Waals surface area contributed by atoms with E-state index in [0.717, 1.165) is 15.8 Å². The molecule has 2 nitrogen and oxygen atoms in total. The molecule has 1 heterocycles. The largest absolute Gasteiger partial charge is 0.452 e. The van der Waals surface area contributed by atoms with Crippen LogP contribution in [-0.2, 0) is 5.75 Å². The third-order valence-corrected chi connectivity index (χ3v) is 5.75. The molecule has 0 saturated carbocycles. The van der Waals surface area contributed by atoms with E-state index in [1.807, 2.05) is 48.5 Å². The maximum atomic E-state index is 13.0. The first kappa shape index (κ1) is 18.2. The van der Waals surface area contributed by atoms with Crippen LogP contribution in [0.5, 0.6) is 0 Å². The van der Waals surface area contributed by atoms with E-state index in [0.29, 0.717) is 32.7 Å². The molecule has 134 valence electrons. The van der Waals surface area contributed by atoms with Gasteiger partial charge in [0.1, 0.15) is 5.58 Å². The minimum Gasteiger partial charge on any atom is -0.452 e. The Bertz CT molecular complexity index is 1100. The average Bonchev–Trinajstić information content (AvgIpc) is 3.06. The third kappa shape index (κ3) is 3.91. The van der Waals surface area contributed by atoms with Crippen LogP contribution in [0.25, 0.3) is 11.0 Å². The lowest BCUT2D eigenvalue weighted by atomic mass is 10.0. The topological polar surface area (TPSA) is 30.2 Å².